The highest BCUT2D eigenvalue weighted by Crippen LogP contribution is 2.06. The Morgan fingerprint density at radius 1 is 1.50 bits per heavy atom. The zero-order valence-electron chi connectivity index (χ0n) is 8.29. The van der Waals surface area contributed by atoms with Gasteiger partial charge >= 0.3 is 0 Å². The van der Waals surface area contributed by atoms with Crippen molar-refractivity contribution in [1.29, 1.82) is 0 Å². The molecular weight excluding hydrogens is 154 g/mol. The van der Waals surface area contributed by atoms with E-state index in [2.05, 4.69) is 26.2 Å². The first-order chi connectivity index (χ1) is 5.49. The molecule has 72 valence electrons. The Hall–Kier alpha value is -0.610. The van der Waals surface area contributed by atoms with E-state index < -0.39 is 0 Å². The van der Waals surface area contributed by atoms with Crippen LogP contribution in [-0.2, 0) is 4.79 Å². The summed E-state index contributed by atoms with van der Waals surface area (Å²) < 4.78 is 0. The third-order valence-corrected chi connectivity index (χ3v) is 2.21. The van der Waals surface area contributed by atoms with Crippen molar-refractivity contribution in [1.82, 2.24) is 10.3 Å². The fraction of sp³-hybridized carbons (Fsp3) is 0.875. The normalized spacial score (nSPS) is 13.6. The summed E-state index contributed by atoms with van der Waals surface area (Å²) in [6.07, 6.45) is 0. The lowest BCUT2D eigenvalue weighted by Crippen LogP contribution is -2.43. The first kappa shape index (κ1) is 11.4. The van der Waals surface area contributed by atoms with E-state index in [1.165, 1.54) is 0 Å². The van der Waals surface area contributed by atoms with Crippen molar-refractivity contribution in [2.24, 2.45) is 11.8 Å². The Morgan fingerprint density at radius 3 is 2.33 bits per heavy atom. The Morgan fingerprint density at radius 2 is 2.00 bits per heavy atom. The molecular formula is C8H19N3O. The molecule has 1 amide bonds. The van der Waals surface area contributed by atoms with E-state index in [1.54, 1.807) is 0 Å². The van der Waals surface area contributed by atoms with Gasteiger partial charge in [-0.3, -0.25) is 15.1 Å². The molecule has 1 unspecified atom stereocenters. The number of amides is 1. The Balaban J connectivity index is 3.86. The monoisotopic (exact) mass is 173 g/mol. The smallest absolute Gasteiger partial charge is 0.248 e. The molecule has 0 rings (SSSR count). The zero-order valence-corrected chi connectivity index (χ0v) is 8.29. The highest BCUT2D eigenvalue weighted by atomic mass is 16.2. The predicted octanol–water partition coefficient (Wildman–Crippen LogP) is -0.0474. The molecule has 0 heterocycles. The average Bonchev–Trinajstić information content (AvgIpc) is 2.02. The number of hydrogen-bond donors (Lipinski definition) is 2. The molecule has 0 aromatic rings. The molecule has 0 spiro atoms. The van der Waals surface area contributed by atoms with Gasteiger partial charge in [0.25, 0.3) is 0 Å². The van der Waals surface area contributed by atoms with Crippen LogP contribution in [0, 0.1) is 5.92 Å². The van der Waals surface area contributed by atoms with Gasteiger partial charge in [0, 0.05) is 6.04 Å². The summed E-state index contributed by atoms with van der Waals surface area (Å²) in [7, 11) is 1.92. The summed E-state index contributed by atoms with van der Waals surface area (Å²) in [5, 5.41) is 0. The molecule has 4 heteroatoms. The largest absolute Gasteiger partial charge is 0.295 e. The Kier molecular flexibility index (Phi) is 4.85. The van der Waals surface area contributed by atoms with Crippen LogP contribution in [0.25, 0.3) is 0 Å². The number of hydrazine groups is 1. The van der Waals surface area contributed by atoms with Crippen molar-refractivity contribution < 1.29 is 4.79 Å². The number of hydrogen-bond acceptors (Lipinski definition) is 3. The first-order valence-electron chi connectivity index (χ1n) is 4.18. The predicted molar refractivity (Wildman–Crippen MR) is 49.3 cm³/mol. The second kappa shape index (κ2) is 5.11. The van der Waals surface area contributed by atoms with Crippen LogP contribution in [0.2, 0.25) is 0 Å². The third kappa shape index (κ3) is 3.69. The number of carbonyl (C=O) groups excluding carboxylic acids is 1. The van der Waals surface area contributed by atoms with Crippen molar-refractivity contribution in [2.45, 2.75) is 26.8 Å². The maximum atomic E-state index is 10.9. The molecule has 3 N–H and O–H groups in total. The number of carbonyl (C=O) groups is 1. The fourth-order valence-corrected chi connectivity index (χ4v) is 0.925. The summed E-state index contributed by atoms with van der Waals surface area (Å²) in [6.45, 7) is 6.70. The minimum absolute atomic E-state index is 0.148. The molecule has 0 aromatic carbocycles. The lowest BCUT2D eigenvalue weighted by molar-refractivity contribution is -0.122. The number of likely N-dealkylation sites (N-methyl/N-ethyl adjacent to an activating group) is 1. The van der Waals surface area contributed by atoms with E-state index >= 15 is 0 Å². The standard InChI is InChI=1S/C8H19N3O/c1-6(2)7(3)11(4)5-8(12)10-9/h6-7H,5,9H2,1-4H3,(H,10,12). The molecule has 0 saturated heterocycles. The Labute approximate surface area is 74.1 Å². The van der Waals surface area contributed by atoms with Crippen molar-refractivity contribution >= 4 is 5.91 Å². The number of rotatable bonds is 4. The van der Waals surface area contributed by atoms with E-state index in [1.807, 2.05) is 11.9 Å². The van der Waals surface area contributed by atoms with Gasteiger partial charge in [0.15, 0.2) is 0 Å². The van der Waals surface area contributed by atoms with Crippen LogP contribution >= 0.6 is 0 Å². The summed E-state index contributed by atoms with van der Waals surface area (Å²) >= 11 is 0. The minimum atomic E-state index is -0.148. The van der Waals surface area contributed by atoms with Gasteiger partial charge in [-0.15, -0.1) is 0 Å². The summed E-state index contributed by atoms with van der Waals surface area (Å²) in [5.74, 6) is 5.36. The van der Waals surface area contributed by atoms with Crippen LogP contribution in [0.5, 0.6) is 0 Å². The summed E-state index contributed by atoms with van der Waals surface area (Å²) in [4.78, 5) is 12.9. The number of nitrogens with zero attached hydrogens (tertiary/aromatic N) is 1. The van der Waals surface area contributed by atoms with Gasteiger partial charge in [-0.05, 0) is 19.9 Å². The van der Waals surface area contributed by atoms with Gasteiger partial charge in [-0.25, -0.2) is 5.84 Å². The van der Waals surface area contributed by atoms with E-state index in [-0.39, 0.29) is 5.91 Å². The summed E-state index contributed by atoms with van der Waals surface area (Å²) in [5.41, 5.74) is 2.11. The van der Waals surface area contributed by atoms with Crippen LogP contribution in [-0.4, -0.2) is 30.4 Å². The van der Waals surface area contributed by atoms with E-state index in [0.29, 0.717) is 18.5 Å². The maximum absolute atomic E-state index is 10.9. The molecule has 0 aliphatic heterocycles. The Bertz CT molecular complexity index is 147. The lowest BCUT2D eigenvalue weighted by Gasteiger charge is -2.26. The molecule has 0 aliphatic carbocycles. The summed E-state index contributed by atoms with van der Waals surface area (Å²) in [6, 6.07) is 0.391. The molecule has 12 heavy (non-hydrogen) atoms. The van der Waals surface area contributed by atoms with Crippen LogP contribution < -0.4 is 11.3 Å². The van der Waals surface area contributed by atoms with Crippen LogP contribution in [0.3, 0.4) is 0 Å². The van der Waals surface area contributed by atoms with E-state index in [0.717, 1.165) is 0 Å². The molecule has 4 nitrogen and oxygen atoms in total. The van der Waals surface area contributed by atoms with E-state index in [4.69, 9.17) is 5.84 Å². The van der Waals surface area contributed by atoms with Crippen molar-refractivity contribution in [3.05, 3.63) is 0 Å². The molecule has 0 aliphatic rings. The molecule has 1 atom stereocenters. The van der Waals surface area contributed by atoms with Crippen molar-refractivity contribution in [2.75, 3.05) is 13.6 Å². The number of nitrogens with two attached hydrogens (primary N) is 1. The van der Waals surface area contributed by atoms with Gasteiger partial charge in [0.05, 0.1) is 6.54 Å². The van der Waals surface area contributed by atoms with Crippen molar-refractivity contribution in [3.8, 4) is 0 Å². The SMILES string of the molecule is CC(C)C(C)N(C)CC(=O)NN. The van der Waals surface area contributed by atoms with Gasteiger partial charge in [-0.2, -0.15) is 0 Å². The molecule has 0 bridgehead atoms. The lowest BCUT2D eigenvalue weighted by atomic mass is 10.1. The minimum Gasteiger partial charge on any atom is -0.295 e. The molecule has 0 fully saturated rings. The van der Waals surface area contributed by atoms with Crippen LogP contribution in [0.1, 0.15) is 20.8 Å². The van der Waals surface area contributed by atoms with Gasteiger partial charge in [0.2, 0.25) is 5.91 Å². The second-order valence-electron chi connectivity index (χ2n) is 3.47. The van der Waals surface area contributed by atoms with Gasteiger partial charge < -0.3 is 0 Å². The zero-order chi connectivity index (χ0) is 9.72. The molecule has 0 saturated carbocycles. The molecule has 0 radical (unpaired) electrons. The van der Waals surface area contributed by atoms with Crippen molar-refractivity contribution in [3.63, 3.8) is 0 Å². The highest BCUT2D eigenvalue weighted by Gasteiger charge is 2.14. The van der Waals surface area contributed by atoms with E-state index in [9.17, 15) is 4.79 Å². The maximum Gasteiger partial charge on any atom is 0.248 e. The highest BCUT2D eigenvalue weighted by molar-refractivity contribution is 5.77. The van der Waals surface area contributed by atoms with Crippen LogP contribution in [0.4, 0.5) is 0 Å². The first-order valence-corrected chi connectivity index (χ1v) is 4.18. The van der Waals surface area contributed by atoms with Gasteiger partial charge in [-0.1, -0.05) is 13.8 Å². The second-order valence-corrected chi connectivity index (χ2v) is 3.47. The number of nitrogens with one attached hydrogen (secondary N) is 1. The quantitative estimate of drug-likeness (QED) is 0.356. The molecule has 0 aromatic heterocycles. The van der Waals surface area contributed by atoms with Crippen LogP contribution in [0.15, 0.2) is 0 Å². The third-order valence-electron chi connectivity index (χ3n) is 2.21. The van der Waals surface area contributed by atoms with Gasteiger partial charge in [0.1, 0.15) is 0 Å². The average molecular weight is 173 g/mol. The topological polar surface area (TPSA) is 58.4 Å². The fourth-order valence-electron chi connectivity index (χ4n) is 0.925.